The molecular weight excluding hydrogens is 212 g/mol. The van der Waals surface area contributed by atoms with Crippen LogP contribution in [0.1, 0.15) is 26.7 Å². The van der Waals surface area contributed by atoms with Crippen molar-refractivity contribution in [1.82, 2.24) is 9.21 Å². The van der Waals surface area contributed by atoms with Crippen LogP contribution in [0.5, 0.6) is 0 Å². The second kappa shape index (κ2) is 4.03. The van der Waals surface area contributed by atoms with Gasteiger partial charge in [-0.2, -0.15) is 4.31 Å². The van der Waals surface area contributed by atoms with Crippen molar-refractivity contribution in [2.24, 2.45) is 0 Å². The Balaban J connectivity index is 2.05. The van der Waals surface area contributed by atoms with E-state index in [0.29, 0.717) is 6.54 Å². The molecule has 4 nitrogen and oxygen atoms in total. The zero-order valence-corrected chi connectivity index (χ0v) is 10.3. The molecule has 1 saturated carbocycles. The van der Waals surface area contributed by atoms with Crippen LogP contribution in [0.15, 0.2) is 0 Å². The Kier molecular flexibility index (Phi) is 3.05. The van der Waals surface area contributed by atoms with Gasteiger partial charge in [-0.1, -0.05) is 6.92 Å². The molecule has 88 valence electrons. The monoisotopic (exact) mass is 232 g/mol. The third kappa shape index (κ3) is 2.19. The van der Waals surface area contributed by atoms with Crippen molar-refractivity contribution >= 4 is 10.0 Å². The lowest BCUT2D eigenvalue weighted by molar-refractivity contribution is 0.150. The lowest BCUT2D eigenvalue weighted by Gasteiger charge is -2.38. The predicted molar refractivity (Wildman–Crippen MR) is 60.2 cm³/mol. The summed E-state index contributed by atoms with van der Waals surface area (Å²) in [7, 11) is -2.96. The molecule has 0 spiro atoms. The third-order valence-electron chi connectivity index (χ3n) is 3.37. The molecule has 0 aromatic rings. The fourth-order valence-corrected chi connectivity index (χ4v) is 4.26. The number of likely N-dealkylation sites (N-methyl/N-ethyl adjacent to an activating group) is 1. The van der Waals surface area contributed by atoms with Crippen LogP contribution >= 0.6 is 0 Å². The van der Waals surface area contributed by atoms with Gasteiger partial charge in [0.1, 0.15) is 0 Å². The van der Waals surface area contributed by atoms with Gasteiger partial charge >= 0.3 is 0 Å². The highest BCUT2D eigenvalue weighted by molar-refractivity contribution is 7.90. The zero-order valence-electron chi connectivity index (χ0n) is 9.52. The van der Waals surface area contributed by atoms with Gasteiger partial charge in [0.25, 0.3) is 0 Å². The molecule has 5 heteroatoms. The molecule has 2 rings (SSSR count). The highest BCUT2D eigenvalue weighted by Gasteiger charge is 2.43. The van der Waals surface area contributed by atoms with Crippen LogP contribution in [0.25, 0.3) is 0 Å². The Bertz CT molecular complexity index is 324. The predicted octanol–water partition coefficient (Wildman–Crippen LogP) is 0.505. The molecular formula is C10H20N2O2S. The van der Waals surface area contributed by atoms with E-state index in [-0.39, 0.29) is 11.3 Å². The summed E-state index contributed by atoms with van der Waals surface area (Å²) in [5, 5.41) is -0.0619. The van der Waals surface area contributed by atoms with Crippen LogP contribution in [0.4, 0.5) is 0 Å². The van der Waals surface area contributed by atoms with E-state index in [2.05, 4.69) is 11.8 Å². The summed E-state index contributed by atoms with van der Waals surface area (Å²) < 4.78 is 25.8. The molecule has 1 heterocycles. The minimum absolute atomic E-state index is 0.0619. The van der Waals surface area contributed by atoms with E-state index in [1.807, 2.05) is 6.92 Å². The fourth-order valence-electron chi connectivity index (χ4n) is 2.24. The molecule has 0 radical (unpaired) electrons. The maximum Gasteiger partial charge on any atom is 0.217 e. The van der Waals surface area contributed by atoms with Gasteiger partial charge in [-0.25, -0.2) is 8.42 Å². The van der Waals surface area contributed by atoms with E-state index in [0.717, 1.165) is 32.5 Å². The average molecular weight is 232 g/mol. The number of piperazine rings is 1. The number of rotatable bonds is 3. The average Bonchev–Trinajstić information content (AvgIpc) is 3.00. The summed E-state index contributed by atoms with van der Waals surface area (Å²) >= 11 is 0. The van der Waals surface area contributed by atoms with Crippen molar-refractivity contribution in [2.45, 2.75) is 38.0 Å². The zero-order chi connectivity index (χ0) is 11.1. The standard InChI is InChI=1S/C10H20N2O2S/c1-3-11-6-7-12(9(2)8-11)15(13,14)10-4-5-10/h9-10H,3-8H2,1-2H3. The van der Waals surface area contributed by atoms with E-state index in [1.54, 1.807) is 4.31 Å². The van der Waals surface area contributed by atoms with E-state index in [4.69, 9.17) is 0 Å². The van der Waals surface area contributed by atoms with Gasteiger partial charge < -0.3 is 4.90 Å². The van der Waals surface area contributed by atoms with E-state index in [9.17, 15) is 8.42 Å². The van der Waals surface area contributed by atoms with E-state index in [1.165, 1.54) is 0 Å². The van der Waals surface area contributed by atoms with Crippen LogP contribution in [0, 0.1) is 0 Å². The van der Waals surface area contributed by atoms with Gasteiger partial charge in [-0.05, 0) is 26.3 Å². The highest BCUT2D eigenvalue weighted by Crippen LogP contribution is 2.32. The molecule has 0 bridgehead atoms. The topological polar surface area (TPSA) is 40.6 Å². The summed E-state index contributed by atoms with van der Waals surface area (Å²) in [5.74, 6) is 0. The number of hydrogen-bond acceptors (Lipinski definition) is 3. The van der Waals surface area contributed by atoms with E-state index >= 15 is 0 Å². The minimum atomic E-state index is -2.96. The first kappa shape index (κ1) is 11.4. The van der Waals surface area contributed by atoms with E-state index < -0.39 is 10.0 Å². The molecule has 1 saturated heterocycles. The largest absolute Gasteiger partial charge is 0.301 e. The SMILES string of the molecule is CCN1CCN(S(=O)(=O)C2CC2)C(C)C1. The smallest absolute Gasteiger partial charge is 0.217 e. The molecule has 1 atom stereocenters. The van der Waals surface area contributed by atoms with Gasteiger partial charge in [0.15, 0.2) is 0 Å². The first-order valence-electron chi connectivity index (χ1n) is 5.78. The number of sulfonamides is 1. The molecule has 0 N–H and O–H groups in total. The number of hydrogen-bond donors (Lipinski definition) is 0. The Hall–Kier alpha value is -0.130. The Labute approximate surface area is 92.3 Å². The van der Waals surface area contributed by atoms with Crippen LogP contribution < -0.4 is 0 Å². The maximum absolute atomic E-state index is 12.1. The lowest BCUT2D eigenvalue weighted by atomic mass is 10.2. The third-order valence-corrected chi connectivity index (χ3v) is 5.88. The summed E-state index contributed by atoms with van der Waals surface area (Å²) in [4.78, 5) is 2.31. The van der Waals surface area contributed by atoms with Gasteiger partial charge in [0.2, 0.25) is 10.0 Å². The highest BCUT2D eigenvalue weighted by atomic mass is 32.2. The minimum Gasteiger partial charge on any atom is -0.301 e. The molecule has 1 unspecified atom stereocenters. The second-order valence-electron chi connectivity index (χ2n) is 4.60. The lowest BCUT2D eigenvalue weighted by Crippen LogP contribution is -2.54. The molecule has 2 aliphatic rings. The number of nitrogens with zero attached hydrogens (tertiary/aromatic N) is 2. The molecule has 0 aromatic carbocycles. The Morgan fingerprint density at radius 2 is 1.93 bits per heavy atom. The van der Waals surface area contributed by atoms with Crippen molar-refractivity contribution in [1.29, 1.82) is 0 Å². The fraction of sp³-hybridized carbons (Fsp3) is 1.00. The quantitative estimate of drug-likeness (QED) is 0.711. The van der Waals surface area contributed by atoms with Crippen molar-refractivity contribution in [3.05, 3.63) is 0 Å². The van der Waals surface area contributed by atoms with Gasteiger partial charge in [0, 0.05) is 25.7 Å². The Morgan fingerprint density at radius 3 is 2.40 bits per heavy atom. The van der Waals surface area contributed by atoms with Crippen LogP contribution in [0.2, 0.25) is 0 Å². The first-order valence-corrected chi connectivity index (χ1v) is 7.29. The van der Waals surface area contributed by atoms with Crippen molar-refractivity contribution in [2.75, 3.05) is 26.2 Å². The van der Waals surface area contributed by atoms with Crippen LogP contribution in [-0.2, 0) is 10.0 Å². The summed E-state index contributed by atoms with van der Waals surface area (Å²) in [5.41, 5.74) is 0. The molecule has 0 aromatic heterocycles. The molecule has 2 fully saturated rings. The normalized spacial score (nSPS) is 30.7. The van der Waals surface area contributed by atoms with Gasteiger partial charge in [-0.3, -0.25) is 0 Å². The second-order valence-corrected chi connectivity index (χ2v) is 6.76. The van der Waals surface area contributed by atoms with Crippen LogP contribution in [0.3, 0.4) is 0 Å². The molecule has 1 aliphatic carbocycles. The molecule has 15 heavy (non-hydrogen) atoms. The summed E-state index contributed by atoms with van der Waals surface area (Å²) in [6, 6.07) is 0.143. The van der Waals surface area contributed by atoms with Gasteiger partial charge in [0.05, 0.1) is 5.25 Å². The summed E-state index contributed by atoms with van der Waals surface area (Å²) in [6.07, 6.45) is 1.73. The van der Waals surface area contributed by atoms with Crippen molar-refractivity contribution in [3.8, 4) is 0 Å². The summed E-state index contributed by atoms with van der Waals surface area (Å²) in [6.45, 7) is 7.59. The Morgan fingerprint density at radius 1 is 1.27 bits per heavy atom. The van der Waals surface area contributed by atoms with Crippen molar-refractivity contribution < 1.29 is 8.42 Å². The van der Waals surface area contributed by atoms with Gasteiger partial charge in [-0.15, -0.1) is 0 Å². The first-order chi connectivity index (χ1) is 7.05. The molecule has 0 amide bonds. The maximum atomic E-state index is 12.1. The molecule has 1 aliphatic heterocycles. The van der Waals surface area contributed by atoms with Crippen LogP contribution in [-0.4, -0.2) is 55.1 Å². The van der Waals surface area contributed by atoms with Crippen molar-refractivity contribution in [3.63, 3.8) is 0 Å².